The first-order valence-electron chi connectivity index (χ1n) is 2.99. The van der Waals surface area contributed by atoms with Crippen molar-refractivity contribution in [2.75, 3.05) is 13.7 Å². The summed E-state index contributed by atoms with van der Waals surface area (Å²) in [5.41, 5.74) is 0. The molecular formula is C7H10O4. The van der Waals surface area contributed by atoms with Gasteiger partial charge in [-0.3, -0.25) is 0 Å². The molecule has 62 valence electrons. The fourth-order valence-corrected chi connectivity index (χ4v) is 0.379. The highest BCUT2D eigenvalue weighted by atomic mass is 17.2. The molecule has 0 radical (unpaired) electrons. The van der Waals surface area contributed by atoms with Gasteiger partial charge in [0.1, 0.15) is 6.61 Å². The second kappa shape index (κ2) is 6.98. The van der Waals surface area contributed by atoms with Gasteiger partial charge in [0, 0.05) is 6.08 Å². The van der Waals surface area contributed by atoms with E-state index in [4.69, 9.17) is 5.11 Å². The number of rotatable bonds is 5. The van der Waals surface area contributed by atoms with Gasteiger partial charge >= 0.3 is 5.97 Å². The van der Waals surface area contributed by atoms with Crippen LogP contribution in [0.5, 0.6) is 0 Å². The summed E-state index contributed by atoms with van der Waals surface area (Å²) < 4.78 is 0. The van der Waals surface area contributed by atoms with Crippen LogP contribution in [0, 0.1) is 0 Å². The number of allylic oxidation sites excluding steroid dienone is 2. The average Bonchev–Trinajstić information content (AvgIpc) is 1.96. The Bertz CT molecular complexity index is 160. The molecule has 0 heterocycles. The summed E-state index contributed by atoms with van der Waals surface area (Å²) in [7, 11) is 1.40. The topological polar surface area (TPSA) is 55.8 Å². The smallest absolute Gasteiger partial charge is 0.328 e. The molecule has 0 amide bonds. The van der Waals surface area contributed by atoms with Crippen molar-refractivity contribution >= 4 is 5.97 Å². The molecule has 0 aromatic heterocycles. The van der Waals surface area contributed by atoms with Crippen molar-refractivity contribution in [2.24, 2.45) is 0 Å². The third-order valence-corrected chi connectivity index (χ3v) is 0.768. The minimum absolute atomic E-state index is 0.306. The molecule has 0 bridgehead atoms. The van der Waals surface area contributed by atoms with Gasteiger partial charge in [0.05, 0.1) is 7.11 Å². The van der Waals surface area contributed by atoms with E-state index in [1.165, 1.54) is 13.2 Å². The van der Waals surface area contributed by atoms with Gasteiger partial charge < -0.3 is 5.11 Å². The average molecular weight is 158 g/mol. The van der Waals surface area contributed by atoms with E-state index in [0.29, 0.717) is 6.61 Å². The van der Waals surface area contributed by atoms with Crippen LogP contribution in [0.1, 0.15) is 0 Å². The highest BCUT2D eigenvalue weighted by Crippen LogP contribution is 1.79. The van der Waals surface area contributed by atoms with Crippen molar-refractivity contribution in [3.05, 3.63) is 24.3 Å². The summed E-state index contributed by atoms with van der Waals surface area (Å²) in [5.74, 6) is -0.970. The van der Waals surface area contributed by atoms with Crippen LogP contribution in [-0.4, -0.2) is 24.8 Å². The lowest BCUT2D eigenvalue weighted by Gasteiger charge is -1.89. The van der Waals surface area contributed by atoms with Crippen LogP contribution in [-0.2, 0) is 14.6 Å². The molecule has 0 aliphatic rings. The van der Waals surface area contributed by atoms with E-state index in [1.54, 1.807) is 12.2 Å². The van der Waals surface area contributed by atoms with Crippen LogP contribution in [0.4, 0.5) is 0 Å². The minimum atomic E-state index is -0.970. The van der Waals surface area contributed by atoms with Crippen LogP contribution in [0.25, 0.3) is 0 Å². The lowest BCUT2D eigenvalue weighted by Crippen LogP contribution is -1.87. The van der Waals surface area contributed by atoms with Crippen molar-refractivity contribution in [2.45, 2.75) is 0 Å². The molecular weight excluding hydrogens is 148 g/mol. The van der Waals surface area contributed by atoms with Crippen LogP contribution in [0.3, 0.4) is 0 Å². The van der Waals surface area contributed by atoms with Crippen LogP contribution >= 0.6 is 0 Å². The highest BCUT2D eigenvalue weighted by Gasteiger charge is 1.80. The summed E-state index contributed by atoms with van der Waals surface area (Å²) in [6, 6.07) is 0. The Morgan fingerprint density at radius 1 is 1.55 bits per heavy atom. The third-order valence-electron chi connectivity index (χ3n) is 0.768. The van der Waals surface area contributed by atoms with Gasteiger partial charge in [0.25, 0.3) is 0 Å². The van der Waals surface area contributed by atoms with Gasteiger partial charge in [-0.2, -0.15) is 0 Å². The highest BCUT2D eigenvalue weighted by molar-refractivity contribution is 5.80. The Labute approximate surface area is 64.7 Å². The lowest BCUT2D eigenvalue weighted by atomic mass is 10.4. The molecule has 11 heavy (non-hydrogen) atoms. The Balaban J connectivity index is 3.36. The molecule has 0 rings (SSSR count). The third kappa shape index (κ3) is 8.87. The van der Waals surface area contributed by atoms with E-state index in [2.05, 4.69) is 9.78 Å². The number of carboxylic acids is 1. The molecule has 0 atom stereocenters. The number of aliphatic carboxylic acids is 1. The second-order valence-electron chi connectivity index (χ2n) is 1.58. The molecule has 0 saturated carbocycles. The molecule has 0 fully saturated rings. The Kier molecular flexibility index (Phi) is 6.27. The minimum Gasteiger partial charge on any atom is -0.478 e. The van der Waals surface area contributed by atoms with E-state index in [-0.39, 0.29) is 0 Å². The largest absolute Gasteiger partial charge is 0.478 e. The van der Waals surface area contributed by atoms with E-state index in [9.17, 15) is 4.79 Å². The van der Waals surface area contributed by atoms with Gasteiger partial charge in [-0.15, -0.1) is 0 Å². The van der Waals surface area contributed by atoms with Gasteiger partial charge in [-0.05, 0) is 0 Å². The summed E-state index contributed by atoms with van der Waals surface area (Å²) in [4.78, 5) is 18.7. The standard InChI is InChI=1S/C7H10O4/c1-10-11-6-4-2-3-5-7(8)9/h2-5H,6H2,1H3,(H,8,9)/b4-2+,5-3+. The maximum atomic E-state index is 9.91. The van der Waals surface area contributed by atoms with Gasteiger partial charge in [-0.25, -0.2) is 14.6 Å². The van der Waals surface area contributed by atoms with Crippen molar-refractivity contribution < 1.29 is 19.7 Å². The van der Waals surface area contributed by atoms with Crippen molar-refractivity contribution in [3.8, 4) is 0 Å². The molecule has 0 aliphatic heterocycles. The molecule has 0 aromatic carbocycles. The van der Waals surface area contributed by atoms with E-state index in [1.807, 2.05) is 0 Å². The number of carbonyl (C=O) groups is 1. The maximum absolute atomic E-state index is 9.91. The first-order chi connectivity index (χ1) is 5.27. The monoisotopic (exact) mass is 158 g/mol. The molecule has 1 N–H and O–H groups in total. The van der Waals surface area contributed by atoms with Gasteiger partial charge in [0.15, 0.2) is 0 Å². The van der Waals surface area contributed by atoms with Crippen LogP contribution in [0.2, 0.25) is 0 Å². The Morgan fingerprint density at radius 3 is 2.82 bits per heavy atom. The van der Waals surface area contributed by atoms with E-state index >= 15 is 0 Å². The van der Waals surface area contributed by atoms with Crippen LogP contribution < -0.4 is 0 Å². The molecule has 4 nitrogen and oxygen atoms in total. The zero-order chi connectivity index (χ0) is 8.53. The lowest BCUT2D eigenvalue weighted by molar-refractivity contribution is -0.263. The second-order valence-corrected chi connectivity index (χ2v) is 1.58. The molecule has 0 aromatic rings. The number of carboxylic acid groups (broad SMARTS) is 1. The summed E-state index contributed by atoms with van der Waals surface area (Å²) in [6.45, 7) is 0.306. The van der Waals surface area contributed by atoms with Crippen molar-refractivity contribution in [3.63, 3.8) is 0 Å². The SMILES string of the molecule is COOC/C=C/C=C/C(=O)O. The Hall–Kier alpha value is -1.13. The van der Waals surface area contributed by atoms with Gasteiger partial charge in [-0.1, -0.05) is 18.2 Å². The summed E-state index contributed by atoms with van der Waals surface area (Å²) in [6.07, 6.45) is 5.63. The van der Waals surface area contributed by atoms with Crippen LogP contribution in [0.15, 0.2) is 24.3 Å². The number of hydrogen-bond donors (Lipinski definition) is 1. The quantitative estimate of drug-likeness (QED) is 0.211. The number of hydrogen-bond acceptors (Lipinski definition) is 3. The van der Waals surface area contributed by atoms with E-state index < -0.39 is 5.97 Å². The van der Waals surface area contributed by atoms with Gasteiger partial charge in [0.2, 0.25) is 0 Å². The first kappa shape index (κ1) is 9.87. The predicted molar refractivity (Wildman–Crippen MR) is 38.9 cm³/mol. The molecule has 0 unspecified atom stereocenters. The molecule has 4 heteroatoms. The zero-order valence-corrected chi connectivity index (χ0v) is 6.19. The molecule has 0 aliphatic carbocycles. The zero-order valence-electron chi connectivity index (χ0n) is 6.19. The first-order valence-corrected chi connectivity index (χ1v) is 2.99. The fraction of sp³-hybridized carbons (Fsp3) is 0.286. The molecule has 0 spiro atoms. The maximum Gasteiger partial charge on any atom is 0.328 e. The molecule has 0 saturated heterocycles. The Morgan fingerprint density at radius 2 is 2.27 bits per heavy atom. The summed E-state index contributed by atoms with van der Waals surface area (Å²) >= 11 is 0. The van der Waals surface area contributed by atoms with Crippen molar-refractivity contribution in [1.29, 1.82) is 0 Å². The fourth-order valence-electron chi connectivity index (χ4n) is 0.379. The summed E-state index contributed by atoms with van der Waals surface area (Å²) in [5, 5.41) is 8.14. The normalized spacial score (nSPS) is 11.4. The van der Waals surface area contributed by atoms with E-state index in [0.717, 1.165) is 6.08 Å². The van der Waals surface area contributed by atoms with Crippen molar-refractivity contribution in [1.82, 2.24) is 0 Å². The predicted octanol–water partition coefficient (Wildman–Crippen LogP) is 0.761.